The molecule has 9 unspecified atom stereocenters. The van der Waals surface area contributed by atoms with Gasteiger partial charge in [-0.3, -0.25) is 43.3 Å². The molecule has 24 heteroatoms. The van der Waals surface area contributed by atoms with Gasteiger partial charge in [0, 0.05) is 47.5 Å². The van der Waals surface area contributed by atoms with Gasteiger partial charge in [0.15, 0.2) is 0 Å². The summed E-state index contributed by atoms with van der Waals surface area (Å²) >= 11 is 1.19. The van der Waals surface area contributed by atoms with E-state index in [0.29, 0.717) is 48.0 Å². The summed E-state index contributed by atoms with van der Waals surface area (Å²) < 4.78 is 5.45. The Morgan fingerprint density at radius 3 is 2.23 bits per heavy atom. The van der Waals surface area contributed by atoms with E-state index in [1.54, 1.807) is 38.9 Å². The van der Waals surface area contributed by atoms with Crippen LogP contribution in [0.1, 0.15) is 111 Å². The largest absolute Gasteiger partial charge is 0.508 e. The van der Waals surface area contributed by atoms with Gasteiger partial charge >= 0.3 is 5.97 Å². The molecule has 1 aromatic heterocycles. The second-order valence-electron chi connectivity index (χ2n) is 20.1. The van der Waals surface area contributed by atoms with E-state index in [2.05, 4.69) is 48.8 Å². The van der Waals surface area contributed by atoms with E-state index in [0.717, 1.165) is 0 Å². The number of unbranched alkanes of at least 4 members (excludes halogenated alkanes) is 2. The molecule has 0 saturated carbocycles. The van der Waals surface area contributed by atoms with E-state index in [1.807, 2.05) is 6.92 Å². The molecule has 2 saturated heterocycles. The van der Waals surface area contributed by atoms with Crippen LogP contribution in [0.5, 0.6) is 5.75 Å². The van der Waals surface area contributed by atoms with Crippen LogP contribution in [-0.2, 0) is 43.1 Å². The highest BCUT2D eigenvalue weighted by molar-refractivity contribution is 7.98. The molecule has 0 aliphatic carbocycles. The maximum Gasteiger partial charge on any atom is 0.306 e. The molecule has 0 bridgehead atoms. The molecule has 10 atom stereocenters. The first-order chi connectivity index (χ1) is 34.9. The number of ether oxygens (including phenoxy) is 1. The minimum absolute atomic E-state index is 0.0931. The van der Waals surface area contributed by atoms with Crippen LogP contribution >= 0.6 is 11.8 Å². The zero-order chi connectivity index (χ0) is 55.0. The van der Waals surface area contributed by atoms with Crippen LogP contribution in [-0.4, -0.2) is 165 Å². The molecule has 412 valence electrons. The summed E-state index contributed by atoms with van der Waals surface area (Å²) in [6.45, 7) is 12.4. The predicted octanol–water partition coefficient (Wildman–Crippen LogP) is -0.0467. The summed E-state index contributed by atoms with van der Waals surface area (Å²) in [7, 11) is 0. The number of esters is 1. The third-order valence-electron chi connectivity index (χ3n) is 13.3. The first-order valence-electron chi connectivity index (χ1n) is 25.2. The Morgan fingerprint density at radius 1 is 0.905 bits per heavy atom. The number of carbonyl (C=O) groups excluding carboxylic acids is 8. The number of aromatic nitrogens is 1. The zero-order valence-corrected chi connectivity index (χ0v) is 44.3. The molecular formula is C50H78N10O13S. The molecule has 2 aliphatic rings. The fourth-order valence-corrected chi connectivity index (χ4v) is 9.82. The predicted molar refractivity (Wildman–Crippen MR) is 276 cm³/mol. The van der Waals surface area contributed by atoms with Crippen LogP contribution in [0.15, 0.2) is 35.5 Å². The van der Waals surface area contributed by atoms with Crippen molar-refractivity contribution in [1.82, 2.24) is 47.1 Å². The molecule has 2 aliphatic heterocycles. The number of aliphatic hydroxyl groups excluding tert-OH is 3. The second-order valence-corrected chi connectivity index (χ2v) is 21.0. The molecule has 3 heterocycles. The fraction of sp³-hybridized carbons (Fsp3) is 0.640. The first kappa shape index (κ1) is 60.6. The number of rotatable bonds is 15. The number of nitrogens with zero attached hydrogens (tertiary/aromatic N) is 1. The van der Waals surface area contributed by atoms with E-state index in [4.69, 9.17) is 10.5 Å². The highest BCUT2D eigenvalue weighted by atomic mass is 32.2. The van der Waals surface area contributed by atoms with Gasteiger partial charge in [-0.2, -0.15) is 0 Å². The van der Waals surface area contributed by atoms with E-state index < -0.39 is 133 Å². The standard InChI is InChI=1S/C50H78N10O13S/c1-9-26(2)41-46(70)53-22-27(3)52-23-37(65)55-32(21-36(51)64)44(68)33(14-11-10-12-16-39(67)73-50(5,6)7)60-19-13-15-34(60)45(69)58-42(28(4)35(63)25-61)48(72)59-43(47(71)54-24-38(66)57-41)40-30-18-17-29(62)20-31(30)56-49(40)74-8/h17-18,20,26,28,32-35,41-44,52,56,61-63,68H,3,9-16,19,21-25H2,1-2,4-8H3,(H2,51,64)(H,53,70)(H,54,71)(H,55,65)(H,57,66)(H,58,69)(H,59,72)/t26?,28-,32?,33?,34?,35?,41?,42?,43?,44?/m0/s1. The smallest absolute Gasteiger partial charge is 0.306 e. The lowest BCUT2D eigenvalue weighted by Gasteiger charge is -2.39. The number of aromatic hydroxyl groups is 1. The molecular weight excluding hydrogens is 981 g/mol. The van der Waals surface area contributed by atoms with Gasteiger partial charge in [-0.05, 0) is 77.3 Å². The van der Waals surface area contributed by atoms with Crippen molar-refractivity contribution < 1.29 is 63.5 Å². The van der Waals surface area contributed by atoms with Crippen molar-refractivity contribution in [3.05, 3.63) is 36.0 Å². The molecule has 74 heavy (non-hydrogen) atoms. The topological polar surface area (TPSA) is 356 Å². The first-order valence-corrected chi connectivity index (χ1v) is 26.4. The quantitative estimate of drug-likeness (QED) is 0.0632. The number of primary amides is 1. The van der Waals surface area contributed by atoms with Gasteiger partial charge in [-0.15, -0.1) is 11.8 Å². The van der Waals surface area contributed by atoms with Crippen LogP contribution in [0, 0.1) is 11.8 Å². The van der Waals surface area contributed by atoms with Crippen LogP contribution in [0.4, 0.5) is 0 Å². The number of thioether (sulfide) groups is 1. The van der Waals surface area contributed by atoms with Gasteiger partial charge in [0.05, 0.1) is 61.1 Å². The van der Waals surface area contributed by atoms with Crippen molar-refractivity contribution in [2.75, 3.05) is 39.0 Å². The number of nitrogens with one attached hydrogen (secondary N) is 8. The molecule has 2 fully saturated rings. The zero-order valence-electron chi connectivity index (χ0n) is 43.5. The van der Waals surface area contributed by atoms with Gasteiger partial charge in [0.25, 0.3) is 0 Å². The highest BCUT2D eigenvalue weighted by Gasteiger charge is 2.44. The molecule has 7 amide bonds. The van der Waals surface area contributed by atoms with Crippen molar-refractivity contribution in [3.63, 3.8) is 0 Å². The Hall–Kier alpha value is -5.95. The molecule has 0 radical (unpaired) electrons. The fourth-order valence-electron chi connectivity index (χ4n) is 9.16. The Balaban J connectivity index is 1.81. The van der Waals surface area contributed by atoms with Crippen LogP contribution < -0.4 is 43.0 Å². The summed E-state index contributed by atoms with van der Waals surface area (Å²) in [5, 5.41) is 63.5. The van der Waals surface area contributed by atoms with Crippen LogP contribution in [0.2, 0.25) is 0 Å². The average molecular weight is 1060 g/mol. The number of carbonyl (C=O) groups is 8. The number of fused-ring (bicyclic) bond motifs is 2. The highest BCUT2D eigenvalue weighted by Crippen LogP contribution is 2.36. The summed E-state index contributed by atoms with van der Waals surface area (Å²) in [5.41, 5.74) is 5.84. The number of aromatic amines is 1. The number of phenolic OH excluding ortho intramolecular Hbond substituents is 1. The van der Waals surface area contributed by atoms with Crippen LogP contribution in [0.3, 0.4) is 0 Å². The van der Waals surface area contributed by atoms with Gasteiger partial charge in [0.1, 0.15) is 29.5 Å². The minimum Gasteiger partial charge on any atom is -0.508 e. The third-order valence-corrected chi connectivity index (χ3v) is 14.1. The Morgan fingerprint density at radius 2 is 1.58 bits per heavy atom. The Labute approximate surface area is 436 Å². The molecule has 14 N–H and O–H groups in total. The van der Waals surface area contributed by atoms with E-state index in [1.165, 1.54) is 36.9 Å². The normalized spacial score (nSPS) is 25.1. The third kappa shape index (κ3) is 17.3. The molecule has 2 aromatic rings. The number of aliphatic hydroxyl groups is 3. The average Bonchev–Trinajstić information content (AvgIpc) is 3.98. The lowest BCUT2D eigenvalue weighted by Crippen LogP contribution is -2.61. The van der Waals surface area contributed by atoms with E-state index in [9.17, 15) is 58.8 Å². The Bertz CT molecular complexity index is 2320. The lowest BCUT2D eigenvalue weighted by atomic mass is 9.92. The second kappa shape index (κ2) is 28.1. The molecule has 4 rings (SSSR count). The number of phenols is 1. The maximum atomic E-state index is 14.8. The van der Waals surface area contributed by atoms with Gasteiger partial charge in [-0.1, -0.05) is 46.6 Å². The number of hydrogen-bond acceptors (Lipinski definition) is 16. The van der Waals surface area contributed by atoms with E-state index in [-0.39, 0.29) is 55.3 Å². The van der Waals surface area contributed by atoms with Crippen molar-refractivity contribution >= 4 is 70.0 Å². The Kier molecular flexibility index (Phi) is 23.0. The number of hydrogen-bond donors (Lipinski definition) is 13. The SMILES string of the molecule is C=C1CNC(=O)C(C(C)CC)NC(=O)CNC(=O)C(c2c(SC)[nH]c3cc(O)ccc23)NC(=O)C([C@@H](C)C(O)CO)NC(=O)C2CCCN2C(CCCCCC(=O)OC(C)(C)C)C(O)C(CC(N)=O)NC(=O)CN1. The lowest BCUT2D eigenvalue weighted by molar-refractivity contribution is -0.155. The van der Waals surface area contributed by atoms with Crippen LogP contribution in [0.25, 0.3) is 10.9 Å². The van der Waals surface area contributed by atoms with Crippen molar-refractivity contribution in [2.24, 2.45) is 17.6 Å². The summed E-state index contributed by atoms with van der Waals surface area (Å²) in [6, 6.07) is -3.20. The number of nitrogens with two attached hydrogens (primary N) is 1. The number of H-pyrrole nitrogens is 1. The van der Waals surface area contributed by atoms with E-state index >= 15 is 0 Å². The maximum absolute atomic E-state index is 14.8. The van der Waals surface area contributed by atoms with Crippen molar-refractivity contribution in [1.29, 1.82) is 0 Å². The molecule has 23 nitrogen and oxygen atoms in total. The number of amides is 7. The van der Waals surface area contributed by atoms with Gasteiger partial charge < -0.3 is 73.1 Å². The monoisotopic (exact) mass is 1060 g/mol. The van der Waals surface area contributed by atoms with Crippen molar-refractivity contribution in [3.8, 4) is 5.75 Å². The molecule has 0 spiro atoms. The van der Waals surface area contributed by atoms with Gasteiger partial charge in [0.2, 0.25) is 41.4 Å². The summed E-state index contributed by atoms with van der Waals surface area (Å²) in [5.74, 6) is -7.50. The van der Waals surface area contributed by atoms with Crippen molar-refractivity contribution in [2.45, 2.75) is 158 Å². The summed E-state index contributed by atoms with van der Waals surface area (Å²) in [6.07, 6.45) is 0.907. The number of benzene rings is 1. The van der Waals surface area contributed by atoms with Gasteiger partial charge in [-0.25, -0.2) is 0 Å². The summed E-state index contributed by atoms with van der Waals surface area (Å²) in [4.78, 5) is 115. The minimum atomic E-state index is -1.62. The molecule has 1 aromatic carbocycles.